The first-order valence-corrected chi connectivity index (χ1v) is 10.0. The van der Waals surface area contributed by atoms with Crippen LogP contribution in [0, 0.1) is 25.5 Å². The third-order valence-corrected chi connectivity index (χ3v) is 5.85. The van der Waals surface area contributed by atoms with Crippen molar-refractivity contribution >= 4 is 11.9 Å². The minimum Gasteiger partial charge on any atom is -0.468 e. The van der Waals surface area contributed by atoms with Crippen molar-refractivity contribution in [3.8, 4) is 22.4 Å². The average molecular weight is 437 g/mol. The van der Waals surface area contributed by atoms with Gasteiger partial charge >= 0.3 is 5.97 Å². The Kier molecular flexibility index (Phi) is 5.24. The van der Waals surface area contributed by atoms with Gasteiger partial charge in [-0.3, -0.25) is 14.6 Å². The molecular formula is C24H21F2N3O3. The van der Waals surface area contributed by atoms with E-state index in [1.165, 1.54) is 19.2 Å². The number of ether oxygens (including phenoxy) is 1. The number of hydrogen-bond acceptors (Lipinski definition) is 5. The Morgan fingerprint density at radius 1 is 0.969 bits per heavy atom. The van der Waals surface area contributed by atoms with E-state index >= 15 is 0 Å². The van der Waals surface area contributed by atoms with Gasteiger partial charge in [0.1, 0.15) is 17.3 Å². The molecule has 32 heavy (non-hydrogen) atoms. The summed E-state index contributed by atoms with van der Waals surface area (Å²) in [5.41, 5.74) is 7.01. The third-order valence-electron chi connectivity index (χ3n) is 5.85. The molecule has 8 heteroatoms. The summed E-state index contributed by atoms with van der Waals surface area (Å²) in [7, 11) is 1.26. The van der Waals surface area contributed by atoms with Crippen molar-refractivity contribution in [1.29, 1.82) is 0 Å². The molecule has 4 rings (SSSR count). The molecule has 1 heterocycles. The van der Waals surface area contributed by atoms with Crippen molar-refractivity contribution in [2.45, 2.75) is 32.1 Å². The highest BCUT2D eigenvalue weighted by atomic mass is 19.1. The smallest absolute Gasteiger partial charge is 0.316 e. The highest BCUT2D eigenvalue weighted by Gasteiger charge is 2.53. The largest absolute Gasteiger partial charge is 0.468 e. The van der Waals surface area contributed by atoms with E-state index in [1.807, 2.05) is 0 Å². The van der Waals surface area contributed by atoms with E-state index in [2.05, 4.69) is 9.97 Å². The Balaban J connectivity index is 1.71. The molecule has 2 aromatic carbocycles. The lowest BCUT2D eigenvalue weighted by atomic mass is 9.92. The maximum absolute atomic E-state index is 14.9. The molecule has 3 aromatic rings. The van der Waals surface area contributed by atoms with Crippen LogP contribution in [0.5, 0.6) is 0 Å². The van der Waals surface area contributed by atoms with E-state index in [1.54, 1.807) is 38.1 Å². The number of carbonyl (C=O) groups excluding carboxylic acids is 2. The summed E-state index contributed by atoms with van der Waals surface area (Å²) < 4.78 is 34.7. The topological polar surface area (TPSA) is 95.2 Å². The van der Waals surface area contributed by atoms with Crippen LogP contribution in [0.15, 0.2) is 36.4 Å². The molecule has 0 saturated heterocycles. The van der Waals surface area contributed by atoms with E-state index in [4.69, 9.17) is 10.5 Å². The molecule has 0 bridgehead atoms. The van der Waals surface area contributed by atoms with Crippen molar-refractivity contribution in [2.75, 3.05) is 7.11 Å². The fraction of sp³-hybridized carbons (Fsp3) is 0.250. The van der Waals surface area contributed by atoms with Crippen molar-refractivity contribution in [2.24, 2.45) is 5.73 Å². The molecule has 164 valence electrons. The van der Waals surface area contributed by atoms with Crippen LogP contribution in [0.2, 0.25) is 0 Å². The van der Waals surface area contributed by atoms with Gasteiger partial charge in [0, 0.05) is 5.56 Å². The number of carbonyl (C=O) groups is 2. The molecule has 1 fully saturated rings. The van der Waals surface area contributed by atoms with Gasteiger partial charge in [0.05, 0.1) is 35.2 Å². The third kappa shape index (κ3) is 3.51. The molecule has 1 saturated carbocycles. The fourth-order valence-corrected chi connectivity index (χ4v) is 3.99. The van der Waals surface area contributed by atoms with Crippen molar-refractivity contribution in [3.05, 3.63) is 70.7 Å². The minimum atomic E-state index is -0.960. The van der Waals surface area contributed by atoms with Gasteiger partial charge in [-0.2, -0.15) is 0 Å². The standard InChI is InChI=1S/C24H21F2N3O3/c1-12-20(29-21(22(27)30)13(2)28-12)15-6-4-14(5-7-15)19-17(25)10-16(11-18(19)26)24(8-9-24)23(31)32-3/h4-7,10-11H,8-9H2,1-3H3,(H2,27,30). The lowest BCUT2D eigenvalue weighted by Crippen LogP contribution is -2.22. The first-order chi connectivity index (χ1) is 15.2. The first-order valence-electron chi connectivity index (χ1n) is 10.0. The Labute approximate surface area is 183 Å². The predicted molar refractivity (Wildman–Crippen MR) is 114 cm³/mol. The van der Waals surface area contributed by atoms with E-state index in [0.29, 0.717) is 41.1 Å². The Bertz CT molecular complexity index is 1230. The quantitative estimate of drug-likeness (QED) is 0.609. The zero-order valence-corrected chi connectivity index (χ0v) is 17.8. The molecule has 1 aliphatic rings. The fourth-order valence-electron chi connectivity index (χ4n) is 3.99. The van der Waals surface area contributed by atoms with E-state index in [-0.39, 0.29) is 16.8 Å². The van der Waals surface area contributed by atoms with Crippen LogP contribution in [-0.4, -0.2) is 29.0 Å². The number of hydrogen-bond donors (Lipinski definition) is 1. The maximum Gasteiger partial charge on any atom is 0.316 e. The van der Waals surface area contributed by atoms with Crippen LogP contribution in [0.4, 0.5) is 8.78 Å². The van der Waals surface area contributed by atoms with Gasteiger partial charge in [0.25, 0.3) is 5.91 Å². The van der Waals surface area contributed by atoms with Crippen LogP contribution in [-0.2, 0) is 14.9 Å². The van der Waals surface area contributed by atoms with Crippen LogP contribution in [0.25, 0.3) is 22.4 Å². The molecular weight excluding hydrogens is 416 g/mol. The summed E-state index contributed by atoms with van der Waals surface area (Å²) in [5, 5.41) is 0. The van der Waals surface area contributed by atoms with Gasteiger partial charge in [-0.15, -0.1) is 0 Å². The summed E-state index contributed by atoms with van der Waals surface area (Å²) in [6.07, 6.45) is 0.994. The molecule has 1 aromatic heterocycles. The van der Waals surface area contributed by atoms with E-state index in [9.17, 15) is 18.4 Å². The molecule has 1 amide bonds. The molecule has 6 nitrogen and oxygen atoms in total. The summed E-state index contributed by atoms with van der Waals surface area (Å²) in [4.78, 5) is 32.3. The molecule has 0 atom stereocenters. The average Bonchev–Trinajstić information content (AvgIpc) is 3.55. The molecule has 2 N–H and O–H groups in total. The highest BCUT2D eigenvalue weighted by molar-refractivity contribution is 5.92. The summed E-state index contributed by atoms with van der Waals surface area (Å²) in [6, 6.07) is 8.82. The number of nitrogens with two attached hydrogens (primary N) is 1. The number of amides is 1. The molecule has 0 aliphatic heterocycles. The number of esters is 1. The van der Waals surface area contributed by atoms with Gasteiger partial charge in [-0.05, 0) is 49.9 Å². The summed E-state index contributed by atoms with van der Waals surface area (Å²) in [5.74, 6) is -2.69. The number of halogens is 2. The molecule has 0 unspecified atom stereocenters. The number of nitrogens with zero attached hydrogens (tertiary/aromatic N) is 2. The monoisotopic (exact) mass is 437 g/mol. The van der Waals surface area contributed by atoms with Gasteiger partial charge < -0.3 is 10.5 Å². The number of primary amides is 1. The van der Waals surface area contributed by atoms with Crippen molar-refractivity contribution < 1.29 is 23.1 Å². The summed E-state index contributed by atoms with van der Waals surface area (Å²) in [6.45, 7) is 3.40. The Morgan fingerprint density at radius 2 is 1.53 bits per heavy atom. The minimum absolute atomic E-state index is 0.0713. The predicted octanol–water partition coefficient (Wildman–Crippen LogP) is 4.01. The zero-order chi connectivity index (χ0) is 23.2. The van der Waals surface area contributed by atoms with E-state index < -0.39 is 28.9 Å². The normalized spacial score (nSPS) is 14.2. The van der Waals surface area contributed by atoms with Crippen molar-refractivity contribution in [3.63, 3.8) is 0 Å². The van der Waals surface area contributed by atoms with Crippen LogP contribution in [0.1, 0.15) is 40.3 Å². The summed E-state index contributed by atoms with van der Waals surface area (Å²) >= 11 is 0. The SMILES string of the molecule is COC(=O)C1(c2cc(F)c(-c3ccc(-c4nc(C(N)=O)c(C)nc4C)cc3)c(F)c2)CC1. The Morgan fingerprint density at radius 3 is 2.03 bits per heavy atom. The highest BCUT2D eigenvalue weighted by Crippen LogP contribution is 2.50. The lowest BCUT2D eigenvalue weighted by Gasteiger charge is -2.15. The van der Waals surface area contributed by atoms with Crippen LogP contribution in [0.3, 0.4) is 0 Å². The van der Waals surface area contributed by atoms with Crippen LogP contribution < -0.4 is 5.73 Å². The van der Waals surface area contributed by atoms with Gasteiger partial charge in [0.15, 0.2) is 0 Å². The number of rotatable bonds is 5. The zero-order valence-electron chi connectivity index (χ0n) is 17.8. The van der Waals surface area contributed by atoms with Crippen molar-refractivity contribution in [1.82, 2.24) is 9.97 Å². The number of benzene rings is 2. The number of methoxy groups -OCH3 is 1. The maximum atomic E-state index is 14.9. The second-order valence-corrected chi connectivity index (χ2v) is 7.92. The second kappa shape index (κ2) is 7.78. The Hall–Kier alpha value is -3.68. The first kappa shape index (κ1) is 21.5. The molecule has 0 radical (unpaired) electrons. The van der Waals surface area contributed by atoms with Gasteiger partial charge in [-0.25, -0.2) is 13.8 Å². The molecule has 0 spiro atoms. The molecule has 1 aliphatic carbocycles. The van der Waals surface area contributed by atoms with Gasteiger partial charge in [-0.1, -0.05) is 24.3 Å². The number of aryl methyl sites for hydroxylation is 2. The second-order valence-electron chi connectivity index (χ2n) is 7.92. The lowest BCUT2D eigenvalue weighted by molar-refractivity contribution is -0.143. The number of aromatic nitrogens is 2. The van der Waals surface area contributed by atoms with E-state index in [0.717, 1.165) is 0 Å². The van der Waals surface area contributed by atoms with Crippen LogP contribution >= 0.6 is 0 Å². The van der Waals surface area contributed by atoms with Gasteiger partial charge in [0.2, 0.25) is 0 Å².